The summed E-state index contributed by atoms with van der Waals surface area (Å²) >= 11 is 0. The van der Waals surface area contributed by atoms with Gasteiger partial charge in [0.1, 0.15) is 0 Å². The fourth-order valence-corrected chi connectivity index (χ4v) is 4.41. The summed E-state index contributed by atoms with van der Waals surface area (Å²) in [5.41, 5.74) is 0. The molecule has 0 saturated heterocycles. The van der Waals surface area contributed by atoms with Crippen molar-refractivity contribution in [2.75, 3.05) is 26.9 Å². The Morgan fingerprint density at radius 1 is 1.37 bits per heavy atom. The van der Waals surface area contributed by atoms with E-state index in [0.29, 0.717) is 13.0 Å². The minimum atomic E-state index is -3.10. The van der Waals surface area contributed by atoms with Crippen molar-refractivity contribution in [2.24, 2.45) is 5.92 Å². The lowest BCUT2D eigenvalue weighted by atomic mass is 9.93. The molecule has 5 nitrogen and oxygen atoms in total. The molecule has 1 N–H and O–H groups in total. The highest BCUT2D eigenvalue weighted by Gasteiger charge is 2.37. The lowest BCUT2D eigenvalue weighted by molar-refractivity contribution is -0.136. The number of hydrogen-bond donors (Lipinski definition) is 1. The summed E-state index contributed by atoms with van der Waals surface area (Å²) in [5, 5.41) is 2.58. The molecule has 0 spiro atoms. The highest BCUT2D eigenvalue weighted by atomic mass is 32.2. The van der Waals surface area contributed by atoms with Gasteiger partial charge in [-0.15, -0.1) is 0 Å². The van der Waals surface area contributed by atoms with Gasteiger partial charge in [-0.2, -0.15) is 0 Å². The Balaban J connectivity index is 2.83. The lowest BCUT2D eigenvalue weighted by Crippen LogP contribution is -2.51. The monoisotopic (exact) mass is 290 g/mol. The third kappa shape index (κ3) is 4.18. The van der Waals surface area contributed by atoms with Crippen LogP contribution in [0.2, 0.25) is 0 Å². The first kappa shape index (κ1) is 16.4. The van der Waals surface area contributed by atoms with Crippen LogP contribution in [0.1, 0.15) is 32.6 Å². The third-order valence-corrected chi connectivity index (χ3v) is 5.64. The minimum Gasteiger partial charge on any atom is -0.341 e. The molecule has 1 saturated carbocycles. The number of carbonyl (C=O) groups is 1. The van der Waals surface area contributed by atoms with Crippen LogP contribution in [-0.2, 0) is 14.6 Å². The van der Waals surface area contributed by atoms with Gasteiger partial charge in [0.2, 0.25) is 5.91 Å². The number of carbonyl (C=O) groups excluding carboxylic acids is 1. The molecule has 1 fully saturated rings. The molecule has 1 amide bonds. The van der Waals surface area contributed by atoms with Crippen molar-refractivity contribution in [3.8, 4) is 0 Å². The second kappa shape index (κ2) is 6.70. The van der Waals surface area contributed by atoms with Crippen molar-refractivity contribution in [3.05, 3.63) is 0 Å². The summed E-state index contributed by atoms with van der Waals surface area (Å²) in [4.78, 5) is 14.0. The number of nitrogens with one attached hydrogen (secondary N) is 1. The van der Waals surface area contributed by atoms with Crippen LogP contribution < -0.4 is 5.32 Å². The maximum atomic E-state index is 12.3. The lowest BCUT2D eigenvalue weighted by Gasteiger charge is -2.38. The van der Waals surface area contributed by atoms with Crippen LogP contribution in [0, 0.1) is 5.92 Å². The first-order valence-corrected chi connectivity index (χ1v) is 8.84. The molecule has 0 aromatic rings. The van der Waals surface area contributed by atoms with E-state index in [1.807, 2.05) is 14.0 Å². The predicted octanol–water partition coefficient (Wildman–Crippen LogP) is 0.656. The number of nitrogens with zero attached hydrogens (tertiary/aromatic N) is 1. The maximum absolute atomic E-state index is 12.3. The van der Waals surface area contributed by atoms with Crippen molar-refractivity contribution in [1.29, 1.82) is 0 Å². The van der Waals surface area contributed by atoms with E-state index in [4.69, 9.17) is 0 Å². The van der Waals surface area contributed by atoms with Crippen molar-refractivity contribution in [3.63, 3.8) is 0 Å². The van der Waals surface area contributed by atoms with Gasteiger partial charge in [-0.05, 0) is 19.9 Å². The normalized spacial score (nSPS) is 25.9. The molecule has 0 aromatic heterocycles. The molecule has 6 heteroatoms. The molecule has 1 rings (SSSR count). The number of rotatable bonds is 5. The molecule has 112 valence electrons. The summed E-state index contributed by atoms with van der Waals surface area (Å²) in [5.74, 6) is -0.105. The van der Waals surface area contributed by atoms with Gasteiger partial charge in [-0.25, -0.2) is 8.42 Å². The number of hydrogen-bond acceptors (Lipinski definition) is 4. The van der Waals surface area contributed by atoms with Gasteiger partial charge >= 0.3 is 0 Å². The predicted molar refractivity (Wildman–Crippen MR) is 76.7 cm³/mol. The third-order valence-electron chi connectivity index (χ3n) is 3.99. The van der Waals surface area contributed by atoms with E-state index in [1.54, 1.807) is 11.9 Å². The van der Waals surface area contributed by atoms with Gasteiger partial charge in [0.05, 0.1) is 5.25 Å². The Labute approximate surface area is 116 Å². The van der Waals surface area contributed by atoms with Crippen molar-refractivity contribution >= 4 is 15.7 Å². The zero-order valence-electron chi connectivity index (χ0n) is 12.3. The molecule has 1 aliphatic carbocycles. The van der Waals surface area contributed by atoms with E-state index in [1.165, 1.54) is 6.26 Å². The molecule has 1 aliphatic rings. The van der Waals surface area contributed by atoms with Crippen LogP contribution in [0.3, 0.4) is 0 Å². The minimum absolute atomic E-state index is 0.0231. The summed E-state index contributed by atoms with van der Waals surface area (Å²) in [7, 11) is 0.447. The Bertz CT molecular complexity index is 408. The van der Waals surface area contributed by atoms with E-state index in [9.17, 15) is 13.2 Å². The van der Waals surface area contributed by atoms with Gasteiger partial charge in [-0.3, -0.25) is 4.79 Å². The van der Waals surface area contributed by atoms with Crippen LogP contribution in [-0.4, -0.2) is 57.4 Å². The zero-order valence-corrected chi connectivity index (χ0v) is 13.2. The Morgan fingerprint density at radius 3 is 2.47 bits per heavy atom. The van der Waals surface area contributed by atoms with Crippen molar-refractivity contribution in [2.45, 2.75) is 43.9 Å². The van der Waals surface area contributed by atoms with Gasteiger partial charge in [0.25, 0.3) is 0 Å². The fourth-order valence-electron chi connectivity index (χ4n) is 2.92. The summed E-state index contributed by atoms with van der Waals surface area (Å²) in [6.07, 6.45) is 4.66. The van der Waals surface area contributed by atoms with Gasteiger partial charge in [-0.1, -0.05) is 19.8 Å². The first-order valence-electron chi connectivity index (χ1n) is 6.89. The average Bonchev–Trinajstić information content (AvgIpc) is 2.36. The fraction of sp³-hybridized carbons (Fsp3) is 0.923. The maximum Gasteiger partial charge on any atom is 0.226 e. The smallest absolute Gasteiger partial charge is 0.226 e. The largest absolute Gasteiger partial charge is 0.341 e. The van der Waals surface area contributed by atoms with Gasteiger partial charge in [0, 0.05) is 31.8 Å². The Morgan fingerprint density at radius 2 is 1.95 bits per heavy atom. The molecule has 0 aliphatic heterocycles. The van der Waals surface area contributed by atoms with Crippen LogP contribution in [0.25, 0.3) is 0 Å². The van der Waals surface area contributed by atoms with E-state index in [2.05, 4.69) is 5.32 Å². The van der Waals surface area contributed by atoms with E-state index < -0.39 is 15.1 Å². The summed E-state index contributed by atoms with van der Waals surface area (Å²) < 4.78 is 23.7. The molecular formula is C13H26N2O3S. The van der Waals surface area contributed by atoms with E-state index >= 15 is 0 Å². The summed E-state index contributed by atoms with van der Waals surface area (Å²) in [6.45, 7) is 2.48. The molecule has 0 heterocycles. The highest BCUT2D eigenvalue weighted by Crippen LogP contribution is 2.28. The molecule has 19 heavy (non-hydrogen) atoms. The molecule has 3 atom stereocenters. The molecule has 0 bridgehead atoms. The molecular weight excluding hydrogens is 264 g/mol. The van der Waals surface area contributed by atoms with Crippen LogP contribution >= 0.6 is 0 Å². The second-order valence-electron chi connectivity index (χ2n) is 5.63. The summed E-state index contributed by atoms with van der Waals surface area (Å²) in [6, 6.07) is -0.171. The highest BCUT2D eigenvalue weighted by molar-refractivity contribution is 7.91. The standard InChI is InChI=1S/C13H26N2O3S/c1-10(9-14-2)13(16)15(3)11-7-5-6-8-12(11)19(4,17)18/h10-12,14H,5-9H2,1-4H3. The second-order valence-corrected chi connectivity index (χ2v) is 7.89. The SMILES string of the molecule is CNCC(C)C(=O)N(C)C1CCCCC1S(C)(=O)=O. The topological polar surface area (TPSA) is 66.5 Å². The molecule has 3 unspecified atom stereocenters. The Kier molecular flexibility index (Phi) is 5.80. The van der Waals surface area contributed by atoms with E-state index in [0.717, 1.165) is 19.3 Å². The average molecular weight is 290 g/mol. The van der Waals surface area contributed by atoms with Crippen molar-refractivity contribution in [1.82, 2.24) is 10.2 Å². The Hall–Kier alpha value is -0.620. The quantitative estimate of drug-likeness (QED) is 0.807. The molecule has 0 aromatic carbocycles. The van der Waals surface area contributed by atoms with Crippen LogP contribution in [0.5, 0.6) is 0 Å². The molecule has 0 radical (unpaired) electrons. The first-order chi connectivity index (χ1) is 8.79. The van der Waals surface area contributed by atoms with Crippen LogP contribution in [0.15, 0.2) is 0 Å². The van der Waals surface area contributed by atoms with Crippen LogP contribution in [0.4, 0.5) is 0 Å². The van der Waals surface area contributed by atoms with Crippen molar-refractivity contribution < 1.29 is 13.2 Å². The van der Waals surface area contributed by atoms with Gasteiger partial charge in [0.15, 0.2) is 9.84 Å². The van der Waals surface area contributed by atoms with Gasteiger partial charge < -0.3 is 10.2 Å². The number of amides is 1. The zero-order chi connectivity index (χ0) is 14.6. The van der Waals surface area contributed by atoms with E-state index in [-0.39, 0.29) is 17.9 Å². The number of sulfone groups is 1.